The molecular weight excluding hydrogens is 596 g/mol. The summed E-state index contributed by atoms with van der Waals surface area (Å²) < 4.78 is 31.5. The minimum Gasteiger partial charge on any atom is -0.506 e. The number of carboxylic acid groups (broad SMARTS) is 1. The smallest absolute Gasteiger partial charge is 0.300 e. The fourth-order valence-electron chi connectivity index (χ4n) is 5.87. The van der Waals surface area contributed by atoms with Crippen molar-refractivity contribution in [3.05, 3.63) is 53.1 Å². The number of carbonyl (C=O) groups is 2. The maximum atomic E-state index is 12.9. The van der Waals surface area contributed by atoms with Crippen molar-refractivity contribution >= 4 is 27.4 Å². The Kier molecular flexibility index (Phi) is 15.3. The minimum absolute atomic E-state index is 0.0377. The molecule has 2 aliphatic rings. The number of aliphatic carboxylic acids is 1. The standard InChI is InChI=1S/C32H46N2O6S.C2H4O2/c35-29-17-15-27(28-16-18-31(37)34-32(28)29)30(36)23-33-19-6-1-2-7-20-40-21-8-5-10-24-11-9-14-26(22-24)41(38,39)25-12-3-4-13-25;1-2(3)4/h9,11,14-15,17,22,25,30,33,35-36H,1-8,10,12-13,16,18-21,23H2,(H,34,37);1H3,(H,3,4)/t30-;/m0./s1. The first-order chi connectivity index (χ1) is 21.6. The predicted molar refractivity (Wildman–Crippen MR) is 174 cm³/mol. The van der Waals surface area contributed by atoms with Gasteiger partial charge in [0.05, 0.1) is 21.9 Å². The van der Waals surface area contributed by atoms with Gasteiger partial charge in [0.1, 0.15) is 5.75 Å². The molecule has 1 amide bonds. The molecule has 250 valence electrons. The van der Waals surface area contributed by atoms with Gasteiger partial charge in [-0.25, -0.2) is 8.42 Å². The summed E-state index contributed by atoms with van der Waals surface area (Å²) in [6.07, 6.45) is 10.8. The van der Waals surface area contributed by atoms with Gasteiger partial charge in [0.15, 0.2) is 9.84 Å². The van der Waals surface area contributed by atoms with E-state index in [1.165, 1.54) is 6.07 Å². The number of aryl methyl sites for hydroxylation is 1. The second-order valence-corrected chi connectivity index (χ2v) is 14.1. The van der Waals surface area contributed by atoms with Crippen LogP contribution < -0.4 is 10.6 Å². The molecule has 5 N–H and O–H groups in total. The Morgan fingerprint density at radius 3 is 2.44 bits per heavy atom. The van der Waals surface area contributed by atoms with Crippen LogP contribution in [0.4, 0.5) is 5.69 Å². The summed E-state index contributed by atoms with van der Waals surface area (Å²) in [4.78, 5) is 21.1. The predicted octanol–water partition coefficient (Wildman–Crippen LogP) is 5.31. The molecule has 2 aromatic carbocycles. The number of nitrogens with one attached hydrogen (secondary N) is 2. The summed E-state index contributed by atoms with van der Waals surface area (Å²) in [6, 6.07) is 10.8. The summed E-state index contributed by atoms with van der Waals surface area (Å²) in [5.74, 6) is -0.911. The van der Waals surface area contributed by atoms with E-state index in [1.54, 1.807) is 12.1 Å². The van der Waals surface area contributed by atoms with E-state index in [4.69, 9.17) is 14.6 Å². The van der Waals surface area contributed by atoms with Gasteiger partial charge in [-0.05, 0) is 92.8 Å². The van der Waals surface area contributed by atoms with E-state index in [1.807, 2.05) is 18.2 Å². The van der Waals surface area contributed by atoms with Gasteiger partial charge in [-0.3, -0.25) is 9.59 Å². The number of sulfone groups is 1. The van der Waals surface area contributed by atoms with Crippen LogP contribution in [0.1, 0.15) is 100 Å². The highest BCUT2D eigenvalue weighted by Gasteiger charge is 2.30. The molecule has 1 fully saturated rings. The number of rotatable bonds is 17. The van der Waals surface area contributed by atoms with E-state index >= 15 is 0 Å². The number of carbonyl (C=O) groups excluding carboxylic acids is 1. The third kappa shape index (κ3) is 12.0. The number of aliphatic hydroxyl groups is 1. The van der Waals surface area contributed by atoms with Crippen molar-refractivity contribution in [2.75, 3.05) is 31.6 Å². The van der Waals surface area contributed by atoms with E-state index in [2.05, 4.69) is 10.6 Å². The molecule has 10 nitrogen and oxygen atoms in total. The quantitative estimate of drug-likeness (QED) is 0.113. The van der Waals surface area contributed by atoms with E-state index < -0.39 is 21.9 Å². The molecule has 1 atom stereocenters. The molecule has 45 heavy (non-hydrogen) atoms. The van der Waals surface area contributed by atoms with Gasteiger partial charge in [-0.2, -0.15) is 0 Å². The van der Waals surface area contributed by atoms with Crippen molar-refractivity contribution in [3.8, 4) is 5.75 Å². The van der Waals surface area contributed by atoms with Crippen molar-refractivity contribution in [2.24, 2.45) is 0 Å². The number of fused-ring (bicyclic) bond motifs is 1. The number of ether oxygens (including phenoxy) is 1. The lowest BCUT2D eigenvalue weighted by molar-refractivity contribution is -0.134. The highest BCUT2D eigenvalue weighted by atomic mass is 32.2. The first-order valence-corrected chi connectivity index (χ1v) is 17.8. The molecular formula is C34H50N2O8S. The van der Waals surface area contributed by atoms with Gasteiger partial charge in [-0.15, -0.1) is 0 Å². The SMILES string of the molecule is CC(=O)O.O=C1CCc2c([C@@H](O)CNCCCCCCOCCCCc3cccc(S(=O)(=O)C4CCCC4)c3)ccc(O)c2N1. The third-order valence-electron chi connectivity index (χ3n) is 8.25. The summed E-state index contributed by atoms with van der Waals surface area (Å²) in [7, 11) is -3.20. The average Bonchev–Trinajstić information content (AvgIpc) is 3.56. The van der Waals surface area contributed by atoms with Gasteiger partial charge < -0.3 is 30.7 Å². The molecule has 0 bridgehead atoms. The number of hydrogen-bond acceptors (Lipinski definition) is 8. The van der Waals surface area contributed by atoms with Crippen LogP contribution in [0.25, 0.3) is 0 Å². The van der Waals surface area contributed by atoms with Crippen LogP contribution in [0.5, 0.6) is 5.75 Å². The van der Waals surface area contributed by atoms with Gasteiger partial charge in [0, 0.05) is 33.1 Å². The molecule has 1 heterocycles. The van der Waals surface area contributed by atoms with Crippen LogP contribution in [0.3, 0.4) is 0 Å². The van der Waals surface area contributed by atoms with Crippen molar-refractivity contribution in [2.45, 2.75) is 107 Å². The van der Waals surface area contributed by atoms with Crippen LogP contribution >= 0.6 is 0 Å². The number of anilines is 1. The maximum Gasteiger partial charge on any atom is 0.300 e. The Labute approximate surface area is 267 Å². The molecule has 11 heteroatoms. The summed E-state index contributed by atoms with van der Waals surface area (Å²) in [5, 5.41) is 33.9. The topological polar surface area (TPSA) is 162 Å². The van der Waals surface area contributed by atoms with Crippen LogP contribution in [0.2, 0.25) is 0 Å². The second-order valence-electron chi connectivity index (χ2n) is 11.9. The van der Waals surface area contributed by atoms with Crippen molar-refractivity contribution < 1.29 is 38.1 Å². The van der Waals surface area contributed by atoms with Crippen molar-refractivity contribution in [3.63, 3.8) is 0 Å². The largest absolute Gasteiger partial charge is 0.506 e. The van der Waals surface area contributed by atoms with E-state index in [-0.39, 0.29) is 16.9 Å². The molecule has 0 aromatic heterocycles. The van der Waals surface area contributed by atoms with Gasteiger partial charge in [0.2, 0.25) is 5.91 Å². The van der Waals surface area contributed by atoms with Crippen LogP contribution in [0.15, 0.2) is 41.3 Å². The van der Waals surface area contributed by atoms with Crippen LogP contribution in [-0.2, 0) is 37.0 Å². The molecule has 1 saturated carbocycles. The highest BCUT2D eigenvalue weighted by molar-refractivity contribution is 7.92. The Balaban J connectivity index is 0.00000130. The molecule has 2 aromatic rings. The lowest BCUT2D eigenvalue weighted by atomic mass is 9.93. The van der Waals surface area contributed by atoms with Crippen molar-refractivity contribution in [1.29, 1.82) is 0 Å². The fraction of sp³-hybridized carbons (Fsp3) is 0.588. The summed E-state index contributed by atoms with van der Waals surface area (Å²) >= 11 is 0. The fourth-order valence-corrected chi connectivity index (χ4v) is 7.80. The molecule has 0 saturated heterocycles. The first-order valence-electron chi connectivity index (χ1n) is 16.2. The van der Waals surface area contributed by atoms with E-state index in [0.717, 1.165) is 114 Å². The Bertz CT molecular complexity index is 1340. The van der Waals surface area contributed by atoms with Gasteiger partial charge >= 0.3 is 0 Å². The molecule has 0 radical (unpaired) electrons. The van der Waals surface area contributed by atoms with E-state index in [0.29, 0.717) is 30.0 Å². The molecule has 1 aliphatic heterocycles. The molecule has 4 rings (SSSR count). The number of benzene rings is 2. The number of aliphatic hydroxyl groups excluding tert-OH is 1. The summed E-state index contributed by atoms with van der Waals surface area (Å²) in [6.45, 7) is 3.81. The number of phenolic OH excluding ortho intramolecular Hbond substituents is 1. The van der Waals surface area contributed by atoms with Crippen LogP contribution in [0, 0.1) is 0 Å². The molecule has 0 spiro atoms. The van der Waals surface area contributed by atoms with Gasteiger partial charge in [0.25, 0.3) is 5.97 Å². The Hall–Kier alpha value is -2.99. The number of amides is 1. The maximum absolute atomic E-state index is 12.9. The number of aromatic hydroxyl groups is 1. The molecule has 0 unspecified atom stereocenters. The number of unbranched alkanes of at least 4 members (excludes halogenated alkanes) is 4. The molecule has 1 aliphatic carbocycles. The van der Waals surface area contributed by atoms with Crippen LogP contribution in [-0.4, -0.2) is 67.2 Å². The monoisotopic (exact) mass is 646 g/mol. The Morgan fingerprint density at radius 2 is 1.71 bits per heavy atom. The van der Waals surface area contributed by atoms with E-state index in [9.17, 15) is 23.4 Å². The normalized spacial score (nSPS) is 15.6. The minimum atomic E-state index is -3.20. The summed E-state index contributed by atoms with van der Waals surface area (Å²) in [5.41, 5.74) is 3.08. The average molecular weight is 647 g/mol. The zero-order valence-corrected chi connectivity index (χ0v) is 27.2. The number of carboxylic acids is 1. The lowest BCUT2D eigenvalue weighted by Gasteiger charge is -2.23. The third-order valence-corrected chi connectivity index (χ3v) is 10.5. The van der Waals surface area contributed by atoms with Crippen molar-refractivity contribution in [1.82, 2.24) is 5.32 Å². The number of phenols is 1. The lowest BCUT2D eigenvalue weighted by Crippen LogP contribution is -2.25. The Morgan fingerprint density at radius 1 is 1.02 bits per heavy atom. The zero-order chi connectivity index (χ0) is 32.7. The number of hydrogen-bond donors (Lipinski definition) is 5. The van der Waals surface area contributed by atoms with Gasteiger partial charge in [-0.1, -0.05) is 43.9 Å². The first kappa shape index (κ1) is 36.5. The second kappa shape index (κ2) is 18.9. The zero-order valence-electron chi connectivity index (χ0n) is 26.4. The highest BCUT2D eigenvalue weighted by Crippen LogP contribution is 2.36.